The maximum Gasteiger partial charge on any atom is 0.238 e. The topological polar surface area (TPSA) is 121 Å². The van der Waals surface area contributed by atoms with E-state index in [9.17, 15) is 22.8 Å². The van der Waals surface area contributed by atoms with Gasteiger partial charge in [-0.1, -0.05) is 238 Å². The molecule has 3 amide bonds. The SMILES string of the molecule is C.C=C1CC(C)(CC(C)(C)C)C(=O)N1.C=C1NC(=O)C(CC(C)(C)C)S1.CC(C)(C)CC1CS(=O)(=O)NC1=O.CCC(C)(C)C.CCC(C)(C)C.CCC(C)(C)C.CCC(C)(C)C. The highest BCUT2D eigenvalue weighted by molar-refractivity contribution is 8.04. The second-order valence-corrected chi connectivity index (χ2v) is 29.2. The van der Waals surface area contributed by atoms with Gasteiger partial charge in [0.15, 0.2) is 0 Å². The summed E-state index contributed by atoms with van der Waals surface area (Å²) in [6.07, 6.45) is 8.29. The van der Waals surface area contributed by atoms with Gasteiger partial charge in [-0.05, 0) is 57.2 Å². The van der Waals surface area contributed by atoms with Crippen molar-refractivity contribution in [2.75, 3.05) is 5.75 Å². The van der Waals surface area contributed by atoms with E-state index in [0.717, 1.165) is 30.0 Å². The third-order valence-corrected chi connectivity index (χ3v) is 12.6. The number of carbonyl (C=O) groups excluding carboxylic acids is 3. The van der Waals surface area contributed by atoms with Crippen LogP contribution in [0.4, 0.5) is 0 Å². The number of thioether (sulfide) groups is 1. The van der Waals surface area contributed by atoms with Crippen molar-refractivity contribution in [3.8, 4) is 0 Å². The summed E-state index contributed by atoms with van der Waals surface area (Å²) in [7, 11) is -3.32. The first-order valence-corrected chi connectivity index (χ1v) is 25.8. The summed E-state index contributed by atoms with van der Waals surface area (Å²) < 4.78 is 24.0. The van der Waals surface area contributed by atoms with Gasteiger partial charge in [0.05, 0.1) is 27.4 Å². The quantitative estimate of drug-likeness (QED) is 0.259. The lowest BCUT2D eigenvalue weighted by Gasteiger charge is -2.29. The predicted molar refractivity (Wildman–Crippen MR) is 282 cm³/mol. The molecular weight excluding hydrogens is 823 g/mol. The van der Waals surface area contributed by atoms with Crippen molar-refractivity contribution >= 4 is 39.5 Å². The van der Waals surface area contributed by atoms with Gasteiger partial charge >= 0.3 is 0 Å². The minimum Gasteiger partial charge on any atom is -0.330 e. The fraction of sp³-hybridized carbons (Fsp3) is 0.868. The molecule has 3 unspecified atom stereocenters. The zero-order valence-electron chi connectivity index (χ0n) is 45.8. The minimum atomic E-state index is -3.32. The molecule has 8 nitrogen and oxygen atoms in total. The molecule has 3 aliphatic rings. The number of hydrogen-bond acceptors (Lipinski definition) is 6. The van der Waals surface area contributed by atoms with Crippen LogP contribution in [-0.2, 0) is 24.4 Å². The average Bonchev–Trinajstić information content (AvgIpc) is 3.57. The third kappa shape index (κ3) is 45.1. The first-order valence-electron chi connectivity index (χ1n) is 23.3. The number of carbonyl (C=O) groups is 3. The Hall–Kier alpha value is -1.81. The Morgan fingerprint density at radius 3 is 1.10 bits per heavy atom. The van der Waals surface area contributed by atoms with E-state index >= 15 is 0 Å². The minimum absolute atomic E-state index is 0. The molecule has 3 rings (SSSR count). The fourth-order valence-corrected chi connectivity index (χ4v) is 7.50. The molecule has 10 heteroatoms. The molecule has 0 aliphatic carbocycles. The van der Waals surface area contributed by atoms with Crippen LogP contribution in [0.1, 0.15) is 239 Å². The molecule has 0 aromatic rings. The number of nitrogens with one attached hydrogen (secondary N) is 3. The standard InChI is InChI=1S/C11H19NO.C9H15NOS.C8H15NO3S.4C6H14.CH4/c1-8-6-11(5,9(13)12-8)7-10(2,3)4;1-6-10-8(11)7(12-6)5-9(2,3)4;1-8(2,3)4-6-5-13(11,12)9-7(6)10;4*1-5-6(2,3)4;/h1,6-7H2,2-5H3,(H,12,13);7H,1,5H2,2-4H3,(H,10,11);6H,4-5H2,1-3H3,(H,9,10);4*5H2,1-4H3;1H4. The highest BCUT2D eigenvalue weighted by Gasteiger charge is 2.42. The second kappa shape index (κ2) is 28.4. The van der Waals surface area contributed by atoms with Crippen molar-refractivity contribution in [2.45, 2.75) is 244 Å². The lowest BCUT2D eigenvalue weighted by molar-refractivity contribution is -0.128. The average molecular weight is 933 g/mol. The zero-order chi connectivity index (χ0) is 50.7. The largest absolute Gasteiger partial charge is 0.330 e. The van der Waals surface area contributed by atoms with Crippen LogP contribution in [0.2, 0.25) is 0 Å². The molecule has 0 radical (unpaired) electrons. The van der Waals surface area contributed by atoms with E-state index in [0.29, 0.717) is 28.1 Å². The van der Waals surface area contributed by atoms with E-state index in [-0.39, 0.29) is 63.7 Å². The Morgan fingerprint density at radius 2 is 0.905 bits per heavy atom. The number of sulfonamides is 1. The smallest absolute Gasteiger partial charge is 0.238 e. The lowest BCUT2D eigenvalue weighted by atomic mass is 9.74. The van der Waals surface area contributed by atoms with Crippen molar-refractivity contribution in [1.29, 1.82) is 0 Å². The van der Waals surface area contributed by atoms with Crippen LogP contribution in [0.3, 0.4) is 0 Å². The van der Waals surface area contributed by atoms with Gasteiger partial charge in [0.1, 0.15) is 0 Å². The summed E-state index contributed by atoms with van der Waals surface area (Å²) in [6.45, 7) is 64.2. The molecular formula is C53H109N3O5S2. The van der Waals surface area contributed by atoms with E-state index in [1.807, 2.05) is 32.4 Å². The van der Waals surface area contributed by atoms with Gasteiger partial charge in [-0.25, -0.2) is 8.42 Å². The first kappa shape index (κ1) is 70.2. The molecule has 0 spiro atoms. The second-order valence-electron chi connectivity index (χ2n) is 26.2. The van der Waals surface area contributed by atoms with Crippen molar-refractivity contribution in [1.82, 2.24) is 15.4 Å². The molecule has 3 N–H and O–H groups in total. The summed E-state index contributed by atoms with van der Waals surface area (Å²) in [5.74, 6) is -0.532. The van der Waals surface area contributed by atoms with Crippen LogP contribution in [0.25, 0.3) is 0 Å². The van der Waals surface area contributed by atoms with Crippen molar-refractivity contribution < 1.29 is 22.8 Å². The Kier molecular flexibility index (Phi) is 31.6. The molecule has 0 aromatic carbocycles. The summed E-state index contributed by atoms with van der Waals surface area (Å²) in [6, 6.07) is 0. The van der Waals surface area contributed by atoms with E-state index < -0.39 is 10.0 Å². The van der Waals surface area contributed by atoms with Gasteiger partial charge in [-0.15, -0.1) is 0 Å². The molecule has 3 saturated heterocycles. The van der Waals surface area contributed by atoms with Crippen molar-refractivity contribution in [3.63, 3.8) is 0 Å². The van der Waals surface area contributed by atoms with E-state index in [4.69, 9.17) is 0 Å². The maximum absolute atomic E-state index is 11.6. The highest BCUT2D eigenvalue weighted by Crippen LogP contribution is 2.41. The van der Waals surface area contributed by atoms with E-state index in [1.165, 1.54) is 25.7 Å². The molecule has 378 valence electrons. The molecule has 0 saturated carbocycles. The maximum atomic E-state index is 11.6. The molecule has 63 heavy (non-hydrogen) atoms. The Balaban J connectivity index is -0.000000214. The zero-order valence-corrected chi connectivity index (χ0v) is 47.4. The fourth-order valence-electron chi connectivity index (χ4n) is 4.89. The Bertz CT molecular complexity index is 1410. The molecule has 3 heterocycles. The summed E-state index contributed by atoms with van der Waals surface area (Å²) in [5.41, 5.74) is 3.17. The Labute approximate surface area is 398 Å². The van der Waals surface area contributed by atoms with E-state index in [2.05, 4.69) is 176 Å². The normalized spacial score (nSPS) is 20.9. The molecule has 3 atom stereocenters. The number of amides is 3. The van der Waals surface area contributed by atoms with Crippen LogP contribution in [0, 0.1) is 49.2 Å². The predicted octanol–water partition coefficient (Wildman–Crippen LogP) is 15.5. The highest BCUT2D eigenvalue weighted by atomic mass is 32.2. The van der Waals surface area contributed by atoms with Crippen LogP contribution in [0.15, 0.2) is 23.9 Å². The first-order chi connectivity index (χ1) is 27.1. The lowest BCUT2D eigenvalue weighted by Crippen LogP contribution is -2.32. The van der Waals surface area contributed by atoms with Crippen LogP contribution in [-0.4, -0.2) is 37.1 Å². The molecule has 0 bridgehead atoms. The number of rotatable bonds is 3. The van der Waals surface area contributed by atoms with E-state index in [1.54, 1.807) is 11.8 Å². The van der Waals surface area contributed by atoms with Gasteiger partial charge in [-0.3, -0.25) is 19.1 Å². The van der Waals surface area contributed by atoms with Gasteiger partial charge in [0, 0.05) is 12.1 Å². The molecule has 3 fully saturated rings. The monoisotopic (exact) mass is 932 g/mol. The number of hydrogen-bond donors (Lipinski definition) is 3. The summed E-state index contributed by atoms with van der Waals surface area (Å²) in [5, 5.41) is 6.37. The van der Waals surface area contributed by atoms with Gasteiger partial charge < -0.3 is 10.6 Å². The third-order valence-electron chi connectivity index (χ3n) is 10.1. The van der Waals surface area contributed by atoms with Crippen LogP contribution in [0.5, 0.6) is 0 Å². The van der Waals surface area contributed by atoms with Crippen LogP contribution >= 0.6 is 11.8 Å². The van der Waals surface area contributed by atoms with Crippen molar-refractivity contribution in [3.05, 3.63) is 23.9 Å². The number of allylic oxidation sites excluding steroid dienone is 1. The summed E-state index contributed by atoms with van der Waals surface area (Å²) >= 11 is 1.55. The van der Waals surface area contributed by atoms with Crippen LogP contribution < -0.4 is 15.4 Å². The Morgan fingerprint density at radius 1 is 0.571 bits per heavy atom. The van der Waals surface area contributed by atoms with Gasteiger partial charge in [0.2, 0.25) is 27.7 Å². The molecule has 3 aliphatic heterocycles. The molecule has 0 aromatic heterocycles. The van der Waals surface area contributed by atoms with Gasteiger partial charge in [-0.2, -0.15) is 0 Å². The van der Waals surface area contributed by atoms with Crippen molar-refractivity contribution in [2.24, 2.45) is 49.2 Å². The summed E-state index contributed by atoms with van der Waals surface area (Å²) in [4.78, 5) is 34.1. The van der Waals surface area contributed by atoms with Gasteiger partial charge in [0.25, 0.3) is 0 Å².